The van der Waals surface area contributed by atoms with Crippen LogP contribution in [0.1, 0.15) is 27.3 Å². The fourth-order valence-corrected chi connectivity index (χ4v) is 3.54. The largest absolute Gasteiger partial charge is 0.486 e. The number of anilines is 1. The maximum Gasteiger partial charge on any atom is 0.259 e. The lowest BCUT2D eigenvalue weighted by Crippen LogP contribution is -2.11. The standard InChI is InChI=1S/C25H19F2N5O4/c1-14-8-16(26)3-2-15(14)11-35-22-7-4-17(9-21(22)27)28-25(33)20-12-36-23-10-18(5-6-19(20)23)34-13-24-29-31-32-30-24/h2-10,12H,11,13H2,1H3,(H,28,33)(H,29,30,31,32). The van der Waals surface area contributed by atoms with Crippen LogP contribution < -0.4 is 14.8 Å². The minimum Gasteiger partial charge on any atom is -0.486 e. The molecule has 2 N–H and O–H groups in total. The third kappa shape index (κ3) is 4.99. The van der Waals surface area contributed by atoms with Crippen molar-refractivity contribution in [1.29, 1.82) is 0 Å². The third-order valence-corrected chi connectivity index (χ3v) is 5.43. The van der Waals surface area contributed by atoms with Crippen molar-refractivity contribution in [2.75, 3.05) is 5.32 Å². The van der Waals surface area contributed by atoms with Crippen molar-refractivity contribution >= 4 is 22.6 Å². The van der Waals surface area contributed by atoms with Gasteiger partial charge in [0, 0.05) is 23.2 Å². The number of rotatable bonds is 8. The van der Waals surface area contributed by atoms with Crippen molar-refractivity contribution in [1.82, 2.24) is 20.6 Å². The molecule has 0 saturated heterocycles. The van der Waals surface area contributed by atoms with E-state index in [0.29, 0.717) is 28.1 Å². The van der Waals surface area contributed by atoms with E-state index in [1.807, 2.05) is 0 Å². The number of aromatic nitrogens is 4. The van der Waals surface area contributed by atoms with Gasteiger partial charge in [-0.25, -0.2) is 8.78 Å². The maximum absolute atomic E-state index is 14.6. The van der Waals surface area contributed by atoms with Crippen LogP contribution in [0.25, 0.3) is 11.0 Å². The van der Waals surface area contributed by atoms with Crippen LogP contribution in [0.4, 0.5) is 14.5 Å². The molecule has 1 amide bonds. The molecule has 182 valence electrons. The molecule has 3 aromatic carbocycles. The molecule has 36 heavy (non-hydrogen) atoms. The van der Waals surface area contributed by atoms with E-state index in [1.165, 1.54) is 30.5 Å². The fraction of sp³-hybridized carbons (Fsp3) is 0.120. The highest BCUT2D eigenvalue weighted by molar-refractivity contribution is 6.12. The number of carbonyl (C=O) groups excluding carboxylic acids is 1. The zero-order valence-corrected chi connectivity index (χ0v) is 18.9. The predicted octanol–water partition coefficient (Wildman–Crippen LogP) is 4.94. The number of amides is 1. The predicted molar refractivity (Wildman–Crippen MR) is 125 cm³/mol. The summed E-state index contributed by atoms with van der Waals surface area (Å²) < 4.78 is 44.5. The fourth-order valence-electron chi connectivity index (χ4n) is 3.54. The molecule has 0 fully saturated rings. The Bertz CT molecular complexity index is 1540. The molecule has 0 aliphatic carbocycles. The van der Waals surface area contributed by atoms with E-state index in [0.717, 1.165) is 11.6 Å². The van der Waals surface area contributed by atoms with Crippen LogP contribution in [0.15, 0.2) is 65.3 Å². The number of fused-ring (bicyclic) bond motifs is 1. The van der Waals surface area contributed by atoms with Crippen molar-refractivity contribution in [2.45, 2.75) is 20.1 Å². The first-order valence-corrected chi connectivity index (χ1v) is 10.8. The minimum atomic E-state index is -0.645. The summed E-state index contributed by atoms with van der Waals surface area (Å²) in [5.41, 5.74) is 2.41. The molecule has 0 aliphatic rings. The second-order valence-corrected chi connectivity index (χ2v) is 7.88. The maximum atomic E-state index is 14.6. The van der Waals surface area contributed by atoms with Gasteiger partial charge in [0.25, 0.3) is 5.91 Å². The van der Waals surface area contributed by atoms with E-state index in [1.54, 1.807) is 31.2 Å². The number of halogens is 2. The van der Waals surface area contributed by atoms with Gasteiger partial charge in [-0.2, -0.15) is 5.21 Å². The van der Waals surface area contributed by atoms with Crippen LogP contribution in [0.2, 0.25) is 0 Å². The summed E-state index contributed by atoms with van der Waals surface area (Å²) in [5, 5.41) is 16.6. The minimum absolute atomic E-state index is 0.0128. The SMILES string of the molecule is Cc1cc(F)ccc1COc1ccc(NC(=O)c2coc3cc(OCc4nn[nH]n4)ccc23)cc1F. The quantitative estimate of drug-likeness (QED) is 0.316. The molecule has 0 bridgehead atoms. The van der Waals surface area contributed by atoms with Crippen molar-refractivity contribution in [3.63, 3.8) is 0 Å². The summed E-state index contributed by atoms with van der Waals surface area (Å²) in [4.78, 5) is 12.8. The molecular formula is C25H19F2N5O4. The number of tetrazole rings is 1. The highest BCUT2D eigenvalue weighted by Crippen LogP contribution is 2.28. The molecular weight excluding hydrogens is 472 g/mol. The molecule has 2 heterocycles. The van der Waals surface area contributed by atoms with E-state index in [9.17, 15) is 13.6 Å². The second-order valence-electron chi connectivity index (χ2n) is 7.88. The van der Waals surface area contributed by atoms with Gasteiger partial charge < -0.3 is 19.2 Å². The van der Waals surface area contributed by atoms with Gasteiger partial charge in [-0.3, -0.25) is 4.79 Å². The average molecular weight is 491 g/mol. The number of nitrogens with zero attached hydrogens (tertiary/aromatic N) is 3. The van der Waals surface area contributed by atoms with Gasteiger partial charge in [-0.15, -0.1) is 10.2 Å². The Hall–Kier alpha value is -4.80. The van der Waals surface area contributed by atoms with Gasteiger partial charge in [0.15, 0.2) is 18.2 Å². The summed E-state index contributed by atoms with van der Waals surface area (Å²) >= 11 is 0. The smallest absolute Gasteiger partial charge is 0.259 e. The van der Waals surface area contributed by atoms with Crippen LogP contribution in [0.5, 0.6) is 11.5 Å². The van der Waals surface area contributed by atoms with Gasteiger partial charge in [0.2, 0.25) is 5.82 Å². The number of ether oxygens (including phenoxy) is 2. The molecule has 0 aliphatic heterocycles. The topological polar surface area (TPSA) is 115 Å². The number of aromatic amines is 1. The van der Waals surface area contributed by atoms with Gasteiger partial charge in [-0.05, 0) is 54.4 Å². The summed E-state index contributed by atoms with van der Waals surface area (Å²) in [6.07, 6.45) is 1.32. The zero-order valence-electron chi connectivity index (χ0n) is 18.9. The molecule has 5 rings (SSSR count). The number of hydrogen-bond donors (Lipinski definition) is 2. The van der Waals surface area contributed by atoms with Crippen molar-refractivity contribution in [3.8, 4) is 11.5 Å². The Morgan fingerprint density at radius 2 is 1.94 bits per heavy atom. The summed E-state index contributed by atoms with van der Waals surface area (Å²) in [6, 6.07) is 13.4. The van der Waals surface area contributed by atoms with Crippen LogP contribution in [-0.2, 0) is 13.2 Å². The van der Waals surface area contributed by atoms with Crippen LogP contribution in [0, 0.1) is 18.6 Å². The van der Waals surface area contributed by atoms with Crippen LogP contribution >= 0.6 is 0 Å². The highest BCUT2D eigenvalue weighted by Gasteiger charge is 2.16. The number of furan rings is 1. The van der Waals surface area contributed by atoms with Crippen molar-refractivity contribution < 1.29 is 27.5 Å². The normalized spacial score (nSPS) is 11.0. The number of hydrogen-bond acceptors (Lipinski definition) is 7. The van der Waals surface area contributed by atoms with E-state index in [-0.39, 0.29) is 36.0 Å². The number of carbonyl (C=O) groups is 1. The average Bonchev–Trinajstić information content (AvgIpc) is 3.53. The molecule has 0 atom stereocenters. The highest BCUT2D eigenvalue weighted by atomic mass is 19.1. The number of aryl methyl sites for hydroxylation is 1. The Morgan fingerprint density at radius 1 is 1.06 bits per heavy atom. The lowest BCUT2D eigenvalue weighted by Gasteiger charge is -2.11. The first-order valence-electron chi connectivity index (χ1n) is 10.8. The number of H-pyrrole nitrogens is 1. The lowest BCUT2D eigenvalue weighted by molar-refractivity contribution is 0.102. The summed E-state index contributed by atoms with van der Waals surface area (Å²) in [5.74, 6) is -0.552. The molecule has 11 heteroatoms. The first kappa shape index (κ1) is 23.0. The van der Waals surface area contributed by atoms with E-state index >= 15 is 0 Å². The third-order valence-electron chi connectivity index (χ3n) is 5.43. The van der Waals surface area contributed by atoms with Crippen molar-refractivity contribution in [2.24, 2.45) is 0 Å². The molecule has 9 nitrogen and oxygen atoms in total. The second kappa shape index (κ2) is 9.82. The lowest BCUT2D eigenvalue weighted by atomic mass is 10.1. The summed E-state index contributed by atoms with van der Waals surface area (Å²) in [6.45, 7) is 1.95. The van der Waals surface area contributed by atoms with Gasteiger partial charge in [-0.1, -0.05) is 11.3 Å². The molecule has 5 aromatic rings. The van der Waals surface area contributed by atoms with Crippen molar-refractivity contribution in [3.05, 3.63) is 95.0 Å². The van der Waals surface area contributed by atoms with Gasteiger partial charge in [0.1, 0.15) is 30.0 Å². The van der Waals surface area contributed by atoms with E-state index in [2.05, 4.69) is 25.9 Å². The summed E-state index contributed by atoms with van der Waals surface area (Å²) in [7, 11) is 0. The van der Waals surface area contributed by atoms with Gasteiger partial charge >= 0.3 is 0 Å². The van der Waals surface area contributed by atoms with Crippen LogP contribution in [0.3, 0.4) is 0 Å². The molecule has 0 radical (unpaired) electrons. The van der Waals surface area contributed by atoms with E-state index < -0.39 is 11.7 Å². The molecule has 2 aromatic heterocycles. The Balaban J connectivity index is 1.24. The van der Waals surface area contributed by atoms with Crippen LogP contribution in [-0.4, -0.2) is 26.5 Å². The first-order chi connectivity index (χ1) is 17.5. The zero-order chi connectivity index (χ0) is 25.1. The Kier molecular flexibility index (Phi) is 6.27. The van der Waals surface area contributed by atoms with Gasteiger partial charge in [0.05, 0.1) is 5.56 Å². The van der Waals surface area contributed by atoms with E-state index in [4.69, 9.17) is 13.9 Å². The molecule has 0 spiro atoms. The number of nitrogens with one attached hydrogen (secondary N) is 2. The Morgan fingerprint density at radius 3 is 2.72 bits per heavy atom. The molecule has 0 unspecified atom stereocenters. The number of benzene rings is 3. The monoisotopic (exact) mass is 491 g/mol. The molecule has 0 saturated carbocycles. The Labute approximate surface area is 203 Å².